The van der Waals surface area contributed by atoms with Gasteiger partial charge in [-0.3, -0.25) is 4.79 Å². The lowest BCUT2D eigenvalue weighted by molar-refractivity contribution is 0.0751. The molecule has 0 aliphatic heterocycles. The first-order valence-corrected chi connectivity index (χ1v) is 8.05. The standard InChI is InChI=1S/C13H17FN2O4S/c1-3-16(9-4-5-9)13(17)8-6-10(14)12(20-2)11(7-8)21(15,18)19/h6-7,9H,3-5H2,1-2H3,(H2,15,18,19). The molecule has 0 unspecified atom stereocenters. The molecule has 0 heterocycles. The van der Waals surface area contributed by atoms with Crippen molar-refractivity contribution in [1.82, 2.24) is 4.90 Å². The summed E-state index contributed by atoms with van der Waals surface area (Å²) in [6, 6.07) is 2.18. The summed E-state index contributed by atoms with van der Waals surface area (Å²) in [5, 5.41) is 5.05. The molecule has 1 aliphatic rings. The number of nitrogens with zero attached hydrogens (tertiary/aromatic N) is 1. The van der Waals surface area contributed by atoms with Gasteiger partial charge in [0.25, 0.3) is 5.91 Å². The highest BCUT2D eigenvalue weighted by molar-refractivity contribution is 7.89. The largest absolute Gasteiger partial charge is 0.492 e. The van der Waals surface area contributed by atoms with Crippen LogP contribution in [0.25, 0.3) is 0 Å². The molecule has 1 saturated carbocycles. The first kappa shape index (κ1) is 15.7. The first-order chi connectivity index (χ1) is 9.79. The molecule has 1 aliphatic carbocycles. The van der Waals surface area contributed by atoms with E-state index in [2.05, 4.69) is 0 Å². The number of rotatable bonds is 5. The number of primary sulfonamides is 1. The minimum atomic E-state index is -4.20. The summed E-state index contributed by atoms with van der Waals surface area (Å²) in [6.07, 6.45) is 1.81. The van der Waals surface area contributed by atoms with Crippen LogP contribution < -0.4 is 9.88 Å². The number of hydrogen-bond acceptors (Lipinski definition) is 4. The third-order valence-corrected chi connectivity index (χ3v) is 4.27. The monoisotopic (exact) mass is 316 g/mol. The van der Waals surface area contributed by atoms with Crippen LogP contribution in [0, 0.1) is 5.82 Å². The van der Waals surface area contributed by atoms with Crippen LogP contribution in [0.15, 0.2) is 17.0 Å². The molecular weight excluding hydrogens is 299 g/mol. The first-order valence-electron chi connectivity index (χ1n) is 6.50. The van der Waals surface area contributed by atoms with Gasteiger partial charge in [-0.2, -0.15) is 0 Å². The van der Waals surface area contributed by atoms with Crippen molar-refractivity contribution in [1.29, 1.82) is 0 Å². The molecule has 8 heteroatoms. The summed E-state index contributed by atoms with van der Waals surface area (Å²) in [7, 11) is -3.06. The Morgan fingerprint density at radius 1 is 1.48 bits per heavy atom. The summed E-state index contributed by atoms with van der Waals surface area (Å²) in [4.78, 5) is 13.4. The minimum Gasteiger partial charge on any atom is -0.492 e. The molecule has 0 saturated heterocycles. The highest BCUT2D eigenvalue weighted by atomic mass is 32.2. The lowest BCUT2D eigenvalue weighted by Gasteiger charge is -2.21. The number of benzene rings is 1. The molecule has 1 aromatic carbocycles. The molecule has 0 spiro atoms. The zero-order valence-electron chi connectivity index (χ0n) is 11.8. The van der Waals surface area contributed by atoms with Crippen molar-refractivity contribution in [3.8, 4) is 5.75 Å². The maximum Gasteiger partial charge on any atom is 0.254 e. The summed E-state index contributed by atoms with van der Waals surface area (Å²) in [5.41, 5.74) is -0.0499. The highest BCUT2D eigenvalue weighted by Crippen LogP contribution is 2.31. The molecule has 2 N–H and O–H groups in total. The van der Waals surface area contributed by atoms with Crippen LogP contribution in [0.3, 0.4) is 0 Å². The molecule has 116 valence electrons. The van der Waals surface area contributed by atoms with Crippen molar-refractivity contribution < 1.29 is 22.3 Å². The fourth-order valence-electron chi connectivity index (χ4n) is 2.22. The third kappa shape index (κ3) is 3.16. The van der Waals surface area contributed by atoms with Crippen molar-refractivity contribution in [3.05, 3.63) is 23.5 Å². The van der Waals surface area contributed by atoms with E-state index in [4.69, 9.17) is 9.88 Å². The van der Waals surface area contributed by atoms with E-state index in [-0.39, 0.29) is 11.6 Å². The zero-order valence-corrected chi connectivity index (χ0v) is 12.6. The SMILES string of the molecule is CCN(C(=O)c1cc(F)c(OC)c(S(N)(=O)=O)c1)C1CC1. The Balaban J connectivity index is 2.50. The molecule has 1 fully saturated rings. The van der Waals surface area contributed by atoms with Crippen molar-refractivity contribution in [2.24, 2.45) is 5.14 Å². The average Bonchev–Trinajstić information content (AvgIpc) is 3.22. The van der Waals surface area contributed by atoms with Gasteiger partial charge in [0.1, 0.15) is 4.90 Å². The van der Waals surface area contributed by atoms with Crippen molar-refractivity contribution in [2.45, 2.75) is 30.7 Å². The molecule has 0 atom stereocenters. The van der Waals surface area contributed by atoms with Gasteiger partial charge in [0.2, 0.25) is 10.0 Å². The molecule has 1 amide bonds. The van der Waals surface area contributed by atoms with Crippen LogP contribution in [0.5, 0.6) is 5.75 Å². The van der Waals surface area contributed by atoms with E-state index in [9.17, 15) is 17.6 Å². The van der Waals surface area contributed by atoms with Crippen molar-refractivity contribution in [2.75, 3.05) is 13.7 Å². The van der Waals surface area contributed by atoms with Gasteiger partial charge in [-0.1, -0.05) is 0 Å². The second-order valence-electron chi connectivity index (χ2n) is 4.86. The minimum absolute atomic E-state index is 0.0499. The van der Waals surface area contributed by atoms with E-state index in [1.807, 2.05) is 6.92 Å². The molecule has 1 aromatic rings. The molecule has 6 nitrogen and oxygen atoms in total. The van der Waals surface area contributed by atoms with E-state index < -0.39 is 32.4 Å². The van der Waals surface area contributed by atoms with E-state index in [1.165, 1.54) is 0 Å². The Morgan fingerprint density at radius 2 is 2.10 bits per heavy atom. The summed E-state index contributed by atoms with van der Waals surface area (Å²) in [5.74, 6) is -1.82. The predicted molar refractivity (Wildman–Crippen MR) is 74.1 cm³/mol. The van der Waals surface area contributed by atoms with Gasteiger partial charge in [0.05, 0.1) is 7.11 Å². The molecule has 0 radical (unpaired) electrons. The van der Waals surface area contributed by atoms with E-state index in [0.29, 0.717) is 6.54 Å². The van der Waals surface area contributed by atoms with E-state index >= 15 is 0 Å². The number of amides is 1. The Kier molecular flexibility index (Phi) is 4.20. The van der Waals surface area contributed by atoms with Crippen LogP contribution in [-0.4, -0.2) is 38.9 Å². The van der Waals surface area contributed by atoms with Crippen LogP contribution in [-0.2, 0) is 10.0 Å². The van der Waals surface area contributed by atoms with Crippen LogP contribution in [0.2, 0.25) is 0 Å². The number of carbonyl (C=O) groups excluding carboxylic acids is 1. The highest BCUT2D eigenvalue weighted by Gasteiger charge is 2.33. The second-order valence-corrected chi connectivity index (χ2v) is 6.39. The van der Waals surface area contributed by atoms with Gasteiger partial charge in [-0.15, -0.1) is 0 Å². The maximum absolute atomic E-state index is 14.0. The van der Waals surface area contributed by atoms with Crippen LogP contribution in [0.1, 0.15) is 30.1 Å². The Morgan fingerprint density at radius 3 is 2.52 bits per heavy atom. The van der Waals surface area contributed by atoms with Gasteiger partial charge >= 0.3 is 0 Å². The summed E-state index contributed by atoms with van der Waals surface area (Å²) in [6.45, 7) is 2.29. The number of halogens is 1. The van der Waals surface area contributed by atoms with Crippen molar-refractivity contribution in [3.63, 3.8) is 0 Å². The molecule has 0 bridgehead atoms. The Hall–Kier alpha value is -1.67. The van der Waals surface area contributed by atoms with Crippen molar-refractivity contribution >= 4 is 15.9 Å². The molecule has 21 heavy (non-hydrogen) atoms. The molecule has 2 rings (SSSR count). The van der Waals surface area contributed by atoms with Gasteiger partial charge in [0, 0.05) is 18.2 Å². The van der Waals surface area contributed by atoms with Crippen LogP contribution in [0.4, 0.5) is 4.39 Å². The lowest BCUT2D eigenvalue weighted by atomic mass is 10.1. The number of sulfonamides is 1. The van der Waals surface area contributed by atoms with Gasteiger partial charge in [-0.25, -0.2) is 17.9 Å². The van der Waals surface area contributed by atoms with Gasteiger partial charge < -0.3 is 9.64 Å². The third-order valence-electron chi connectivity index (χ3n) is 3.36. The summed E-state index contributed by atoms with van der Waals surface area (Å²) >= 11 is 0. The Bertz CT molecular complexity index is 671. The van der Waals surface area contributed by atoms with E-state index in [1.54, 1.807) is 4.90 Å². The quantitative estimate of drug-likeness (QED) is 0.881. The molecule has 0 aromatic heterocycles. The number of methoxy groups -OCH3 is 1. The van der Waals surface area contributed by atoms with E-state index in [0.717, 1.165) is 32.1 Å². The van der Waals surface area contributed by atoms with Gasteiger partial charge in [-0.05, 0) is 31.9 Å². The second kappa shape index (κ2) is 5.61. The Labute approximate surface area is 122 Å². The average molecular weight is 316 g/mol. The predicted octanol–water partition coefficient (Wildman–Crippen LogP) is 1.11. The number of nitrogens with two attached hydrogens (primary N) is 1. The fraction of sp³-hybridized carbons (Fsp3) is 0.462. The lowest BCUT2D eigenvalue weighted by Crippen LogP contribution is -2.33. The number of ether oxygens (including phenoxy) is 1. The van der Waals surface area contributed by atoms with Gasteiger partial charge in [0.15, 0.2) is 11.6 Å². The van der Waals surface area contributed by atoms with Crippen LogP contribution >= 0.6 is 0 Å². The topological polar surface area (TPSA) is 89.7 Å². The maximum atomic E-state index is 14.0. The normalized spacial score (nSPS) is 14.9. The summed E-state index contributed by atoms with van der Waals surface area (Å²) < 4.78 is 41.8. The number of hydrogen-bond donors (Lipinski definition) is 1. The number of carbonyl (C=O) groups is 1. The zero-order chi connectivity index (χ0) is 15.8. The molecular formula is C13H17FN2O4S. The fourth-order valence-corrected chi connectivity index (χ4v) is 2.95. The smallest absolute Gasteiger partial charge is 0.254 e.